The summed E-state index contributed by atoms with van der Waals surface area (Å²) in [5.41, 5.74) is 1.98. The molecule has 1 heterocycles. The molecule has 0 aliphatic heterocycles. The fraction of sp³-hybridized carbons (Fsp3) is 0.273. The fourth-order valence-electron chi connectivity index (χ4n) is 1.67. The molecule has 0 bridgehead atoms. The molecule has 2 aromatic rings. The van der Waals surface area contributed by atoms with Crippen LogP contribution in [0.25, 0.3) is 0 Å². The van der Waals surface area contributed by atoms with E-state index in [1.54, 1.807) is 7.11 Å². The van der Waals surface area contributed by atoms with Crippen LogP contribution in [0.5, 0.6) is 5.75 Å². The number of para-hydroxylation sites is 1. The molecule has 1 N–H and O–H groups in total. The third-order valence-electron chi connectivity index (χ3n) is 2.41. The standard InChI is InChI=1S/C11H13N3OS/c1-12-11(9-7-16-14-13-9)8-5-3-4-6-10(8)15-2/h3-7,11-12H,1-2H3. The van der Waals surface area contributed by atoms with E-state index in [1.165, 1.54) is 11.5 Å². The first kappa shape index (κ1) is 11.0. The first-order valence-corrected chi connectivity index (χ1v) is 5.77. The molecule has 4 nitrogen and oxygen atoms in total. The molecule has 1 atom stereocenters. The van der Waals surface area contributed by atoms with E-state index in [4.69, 9.17) is 4.74 Å². The average molecular weight is 235 g/mol. The second-order valence-corrected chi connectivity index (χ2v) is 3.90. The number of nitrogens with zero attached hydrogens (tertiary/aromatic N) is 2. The predicted molar refractivity (Wildman–Crippen MR) is 63.8 cm³/mol. The van der Waals surface area contributed by atoms with Crippen molar-refractivity contribution in [2.45, 2.75) is 6.04 Å². The SMILES string of the molecule is CNC(c1csnn1)c1ccccc1OC. The number of aromatic nitrogens is 2. The van der Waals surface area contributed by atoms with E-state index < -0.39 is 0 Å². The highest BCUT2D eigenvalue weighted by atomic mass is 32.1. The van der Waals surface area contributed by atoms with Crippen LogP contribution in [0.4, 0.5) is 0 Å². The van der Waals surface area contributed by atoms with E-state index in [-0.39, 0.29) is 6.04 Å². The monoisotopic (exact) mass is 235 g/mol. The molecule has 0 spiro atoms. The quantitative estimate of drug-likeness (QED) is 0.878. The lowest BCUT2D eigenvalue weighted by Gasteiger charge is -2.16. The van der Waals surface area contributed by atoms with Crippen molar-refractivity contribution in [3.63, 3.8) is 0 Å². The molecule has 0 aliphatic rings. The second-order valence-electron chi connectivity index (χ2n) is 3.29. The van der Waals surface area contributed by atoms with Gasteiger partial charge < -0.3 is 10.1 Å². The zero-order valence-corrected chi connectivity index (χ0v) is 9.99. The molecule has 0 radical (unpaired) electrons. The Kier molecular flexibility index (Phi) is 3.48. The molecule has 16 heavy (non-hydrogen) atoms. The number of methoxy groups -OCH3 is 1. The summed E-state index contributed by atoms with van der Waals surface area (Å²) in [5, 5.41) is 9.25. The van der Waals surface area contributed by atoms with Crippen LogP contribution >= 0.6 is 11.5 Å². The van der Waals surface area contributed by atoms with Crippen LogP contribution in [0, 0.1) is 0 Å². The van der Waals surface area contributed by atoms with E-state index in [1.807, 2.05) is 36.7 Å². The van der Waals surface area contributed by atoms with Gasteiger partial charge in [0, 0.05) is 10.9 Å². The van der Waals surface area contributed by atoms with Gasteiger partial charge in [-0.2, -0.15) is 0 Å². The lowest BCUT2D eigenvalue weighted by Crippen LogP contribution is -2.18. The number of hydrogen-bond donors (Lipinski definition) is 1. The maximum atomic E-state index is 5.34. The highest BCUT2D eigenvalue weighted by molar-refractivity contribution is 7.03. The number of ether oxygens (including phenoxy) is 1. The van der Waals surface area contributed by atoms with Crippen molar-refractivity contribution < 1.29 is 4.74 Å². The van der Waals surface area contributed by atoms with Gasteiger partial charge in [-0.1, -0.05) is 22.7 Å². The molecular formula is C11H13N3OS. The van der Waals surface area contributed by atoms with Crippen LogP contribution in [0.1, 0.15) is 17.3 Å². The fourth-order valence-corrected chi connectivity index (χ4v) is 2.15. The van der Waals surface area contributed by atoms with Crippen LogP contribution in [-0.2, 0) is 0 Å². The lowest BCUT2D eigenvalue weighted by atomic mass is 10.0. The van der Waals surface area contributed by atoms with Gasteiger partial charge >= 0.3 is 0 Å². The summed E-state index contributed by atoms with van der Waals surface area (Å²) in [4.78, 5) is 0. The summed E-state index contributed by atoms with van der Waals surface area (Å²) < 4.78 is 9.22. The van der Waals surface area contributed by atoms with Crippen LogP contribution < -0.4 is 10.1 Å². The minimum atomic E-state index is 0.0231. The normalized spacial score (nSPS) is 12.4. The minimum Gasteiger partial charge on any atom is -0.496 e. The summed E-state index contributed by atoms with van der Waals surface area (Å²) in [6.07, 6.45) is 0. The number of hydrogen-bond acceptors (Lipinski definition) is 5. The molecule has 0 fully saturated rings. The van der Waals surface area contributed by atoms with Gasteiger partial charge in [-0.05, 0) is 24.6 Å². The predicted octanol–water partition coefficient (Wildman–Crippen LogP) is 1.86. The Labute approximate surface area is 98.4 Å². The summed E-state index contributed by atoms with van der Waals surface area (Å²) in [7, 11) is 3.57. The Morgan fingerprint density at radius 3 is 2.81 bits per heavy atom. The number of nitrogens with one attached hydrogen (secondary N) is 1. The van der Waals surface area contributed by atoms with Crippen molar-refractivity contribution in [2.24, 2.45) is 0 Å². The highest BCUT2D eigenvalue weighted by Crippen LogP contribution is 2.28. The Hall–Kier alpha value is -1.46. The van der Waals surface area contributed by atoms with Gasteiger partial charge in [0.2, 0.25) is 0 Å². The molecule has 5 heteroatoms. The largest absolute Gasteiger partial charge is 0.496 e. The molecule has 1 aromatic heterocycles. The van der Waals surface area contributed by atoms with E-state index >= 15 is 0 Å². The number of rotatable bonds is 4. The molecule has 1 unspecified atom stereocenters. The first-order valence-electron chi connectivity index (χ1n) is 4.94. The van der Waals surface area contributed by atoms with Crippen molar-refractivity contribution in [3.8, 4) is 5.75 Å². The van der Waals surface area contributed by atoms with Gasteiger partial charge in [-0.3, -0.25) is 0 Å². The highest BCUT2D eigenvalue weighted by Gasteiger charge is 2.18. The Balaban J connectivity index is 2.41. The van der Waals surface area contributed by atoms with E-state index in [0.717, 1.165) is 17.0 Å². The molecule has 1 aromatic carbocycles. The zero-order valence-electron chi connectivity index (χ0n) is 9.18. The molecule has 0 amide bonds. The van der Waals surface area contributed by atoms with Crippen molar-refractivity contribution in [1.82, 2.24) is 14.9 Å². The Bertz CT molecular complexity index is 444. The molecule has 0 saturated heterocycles. The van der Waals surface area contributed by atoms with E-state index in [2.05, 4.69) is 14.9 Å². The second kappa shape index (κ2) is 5.05. The zero-order chi connectivity index (χ0) is 11.4. The van der Waals surface area contributed by atoms with Gasteiger partial charge in [-0.15, -0.1) is 5.10 Å². The van der Waals surface area contributed by atoms with Crippen LogP contribution in [0.3, 0.4) is 0 Å². The summed E-state index contributed by atoms with van der Waals surface area (Å²) in [6, 6.07) is 7.93. The molecule has 2 rings (SSSR count). The van der Waals surface area contributed by atoms with E-state index in [0.29, 0.717) is 0 Å². The maximum Gasteiger partial charge on any atom is 0.124 e. The van der Waals surface area contributed by atoms with Crippen LogP contribution in [0.15, 0.2) is 29.6 Å². The van der Waals surface area contributed by atoms with Gasteiger partial charge in [0.05, 0.1) is 18.8 Å². The summed E-state index contributed by atoms with van der Waals surface area (Å²) >= 11 is 1.35. The van der Waals surface area contributed by atoms with E-state index in [9.17, 15) is 0 Å². The molecule has 0 aliphatic carbocycles. The number of benzene rings is 1. The Morgan fingerprint density at radius 1 is 1.38 bits per heavy atom. The van der Waals surface area contributed by atoms with Crippen molar-refractivity contribution >= 4 is 11.5 Å². The molecular weight excluding hydrogens is 222 g/mol. The smallest absolute Gasteiger partial charge is 0.124 e. The van der Waals surface area contributed by atoms with Crippen molar-refractivity contribution in [3.05, 3.63) is 40.9 Å². The van der Waals surface area contributed by atoms with Crippen molar-refractivity contribution in [2.75, 3.05) is 14.2 Å². The van der Waals surface area contributed by atoms with Crippen LogP contribution in [0.2, 0.25) is 0 Å². The first-order chi connectivity index (χ1) is 7.86. The summed E-state index contributed by atoms with van der Waals surface area (Å²) in [5.74, 6) is 0.856. The van der Waals surface area contributed by atoms with Gasteiger partial charge in [-0.25, -0.2) is 0 Å². The van der Waals surface area contributed by atoms with Gasteiger partial charge in [0.15, 0.2) is 0 Å². The Morgan fingerprint density at radius 2 is 2.19 bits per heavy atom. The van der Waals surface area contributed by atoms with Crippen molar-refractivity contribution in [1.29, 1.82) is 0 Å². The average Bonchev–Trinajstić information content (AvgIpc) is 2.84. The summed E-state index contributed by atoms with van der Waals surface area (Å²) in [6.45, 7) is 0. The lowest BCUT2D eigenvalue weighted by molar-refractivity contribution is 0.405. The maximum absolute atomic E-state index is 5.34. The van der Waals surface area contributed by atoms with Crippen LogP contribution in [-0.4, -0.2) is 23.7 Å². The minimum absolute atomic E-state index is 0.0231. The molecule has 0 saturated carbocycles. The van der Waals surface area contributed by atoms with Gasteiger partial charge in [0.25, 0.3) is 0 Å². The van der Waals surface area contributed by atoms with Gasteiger partial charge in [0.1, 0.15) is 5.75 Å². The topological polar surface area (TPSA) is 47.0 Å². The third-order valence-corrected chi connectivity index (χ3v) is 2.93. The third kappa shape index (κ3) is 2.05. The molecule has 84 valence electrons.